The molecule has 1 aliphatic rings. The van der Waals surface area contributed by atoms with E-state index in [-0.39, 0.29) is 0 Å². The van der Waals surface area contributed by atoms with Gasteiger partial charge in [0.05, 0.1) is 18.5 Å². The lowest BCUT2D eigenvalue weighted by Crippen LogP contribution is -2.45. The number of ether oxygens (including phenoxy) is 1. The summed E-state index contributed by atoms with van der Waals surface area (Å²) in [6, 6.07) is 26.2. The van der Waals surface area contributed by atoms with Gasteiger partial charge in [0.25, 0.3) is 0 Å². The highest BCUT2D eigenvalue weighted by molar-refractivity contribution is 5.75. The first-order valence-corrected chi connectivity index (χ1v) is 9.98. The SMILES string of the molecule is COC(=O)[C@@H](N)Cc1ccc(NN2CN(c3ccccc3)Cc3ccccc32)cc1. The van der Waals surface area contributed by atoms with Crippen LogP contribution in [0.25, 0.3) is 0 Å². The van der Waals surface area contributed by atoms with E-state index in [2.05, 4.69) is 63.9 Å². The van der Waals surface area contributed by atoms with Crippen molar-refractivity contribution in [2.45, 2.75) is 19.0 Å². The van der Waals surface area contributed by atoms with Crippen molar-refractivity contribution in [2.24, 2.45) is 5.73 Å². The fourth-order valence-electron chi connectivity index (χ4n) is 3.68. The number of hydrogen-bond donors (Lipinski definition) is 2. The summed E-state index contributed by atoms with van der Waals surface area (Å²) in [5.74, 6) is -0.400. The van der Waals surface area contributed by atoms with Crippen molar-refractivity contribution in [1.82, 2.24) is 0 Å². The number of anilines is 3. The average molecular weight is 402 g/mol. The Morgan fingerprint density at radius 3 is 2.47 bits per heavy atom. The Kier molecular flexibility index (Phi) is 5.86. The molecule has 0 saturated heterocycles. The molecule has 6 nitrogen and oxygen atoms in total. The summed E-state index contributed by atoms with van der Waals surface area (Å²) >= 11 is 0. The molecule has 0 aromatic heterocycles. The molecule has 3 aromatic rings. The summed E-state index contributed by atoms with van der Waals surface area (Å²) < 4.78 is 4.70. The number of hydrazine groups is 1. The Hall–Kier alpha value is -3.51. The number of benzene rings is 3. The van der Waals surface area contributed by atoms with Gasteiger partial charge in [-0.05, 0) is 47.9 Å². The Morgan fingerprint density at radius 1 is 1.03 bits per heavy atom. The standard InChI is InChI=1S/C24H26N4O2/c1-30-24(29)22(25)15-18-11-13-20(14-12-18)26-28-17-27(21-8-3-2-4-9-21)16-19-7-5-6-10-23(19)28/h2-14,22,26H,15-17,25H2,1H3/t22-/m0/s1. The molecule has 0 fully saturated rings. The predicted octanol–water partition coefficient (Wildman–Crippen LogP) is 3.54. The van der Waals surface area contributed by atoms with Crippen molar-refractivity contribution in [3.8, 4) is 0 Å². The first-order chi connectivity index (χ1) is 14.6. The van der Waals surface area contributed by atoms with Crippen LogP contribution in [0.5, 0.6) is 0 Å². The maximum Gasteiger partial charge on any atom is 0.322 e. The van der Waals surface area contributed by atoms with Gasteiger partial charge < -0.3 is 15.4 Å². The highest BCUT2D eigenvalue weighted by Gasteiger charge is 2.22. The minimum absolute atomic E-state index is 0.400. The summed E-state index contributed by atoms with van der Waals surface area (Å²) in [7, 11) is 1.35. The number of methoxy groups -OCH3 is 1. The average Bonchev–Trinajstić information content (AvgIpc) is 2.80. The van der Waals surface area contributed by atoms with Gasteiger partial charge in [-0.2, -0.15) is 0 Å². The highest BCUT2D eigenvalue weighted by Crippen LogP contribution is 2.30. The van der Waals surface area contributed by atoms with Crippen LogP contribution in [-0.2, 0) is 22.5 Å². The van der Waals surface area contributed by atoms with Gasteiger partial charge in [-0.15, -0.1) is 0 Å². The maximum atomic E-state index is 11.5. The first kappa shape index (κ1) is 19.8. The number of carbonyl (C=O) groups is 1. The highest BCUT2D eigenvalue weighted by atomic mass is 16.5. The third-order valence-corrected chi connectivity index (χ3v) is 5.25. The Balaban J connectivity index is 1.51. The van der Waals surface area contributed by atoms with Crippen molar-refractivity contribution in [1.29, 1.82) is 0 Å². The molecule has 3 N–H and O–H groups in total. The number of rotatable bonds is 6. The van der Waals surface area contributed by atoms with Crippen LogP contribution in [0.3, 0.4) is 0 Å². The fraction of sp³-hybridized carbons (Fsp3) is 0.208. The molecule has 0 bridgehead atoms. The van der Waals surface area contributed by atoms with Crippen molar-refractivity contribution in [3.63, 3.8) is 0 Å². The van der Waals surface area contributed by atoms with Crippen LogP contribution in [-0.4, -0.2) is 25.8 Å². The summed E-state index contributed by atoms with van der Waals surface area (Å²) in [6.07, 6.45) is 0.446. The van der Waals surface area contributed by atoms with E-state index in [1.165, 1.54) is 24.0 Å². The number of para-hydroxylation sites is 2. The predicted molar refractivity (Wildman–Crippen MR) is 120 cm³/mol. The monoisotopic (exact) mass is 402 g/mol. The van der Waals surface area contributed by atoms with E-state index in [0.717, 1.165) is 24.5 Å². The lowest BCUT2D eigenvalue weighted by atomic mass is 10.1. The number of esters is 1. The Morgan fingerprint density at radius 2 is 1.73 bits per heavy atom. The van der Waals surface area contributed by atoms with E-state index in [1.54, 1.807) is 0 Å². The lowest BCUT2D eigenvalue weighted by Gasteiger charge is -2.40. The van der Waals surface area contributed by atoms with Gasteiger partial charge in [-0.25, -0.2) is 0 Å². The molecule has 0 spiro atoms. The molecule has 4 rings (SSSR count). The summed E-state index contributed by atoms with van der Waals surface area (Å²) in [6.45, 7) is 1.58. The molecule has 0 aliphatic carbocycles. The van der Waals surface area contributed by atoms with Crippen LogP contribution < -0.4 is 21.1 Å². The second kappa shape index (κ2) is 8.88. The van der Waals surface area contributed by atoms with E-state index in [1.807, 2.05) is 30.3 Å². The molecule has 0 radical (unpaired) electrons. The number of nitrogens with one attached hydrogen (secondary N) is 1. The molecule has 30 heavy (non-hydrogen) atoms. The van der Waals surface area contributed by atoms with Gasteiger partial charge in [0.15, 0.2) is 0 Å². The number of carbonyl (C=O) groups excluding carboxylic acids is 1. The molecule has 0 saturated carbocycles. The minimum atomic E-state index is -0.651. The van der Waals surface area contributed by atoms with Gasteiger partial charge in [0, 0.05) is 12.2 Å². The molecule has 0 amide bonds. The Bertz CT molecular complexity index is 992. The van der Waals surface area contributed by atoms with Crippen molar-refractivity contribution >= 4 is 23.0 Å². The van der Waals surface area contributed by atoms with E-state index in [4.69, 9.17) is 10.5 Å². The number of fused-ring (bicyclic) bond motifs is 1. The van der Waals surface area contributed by atoms with Gasteiger partial charge in [-0.3, -0.25) is 15.2 Å². The minimum Gasteiger partial charge on any atom is -0.468 e. The van der Waals surface area contributed by atoms with Gasteiger partial charge in [-0.1, -0.05) is 48.5 Å². The molecule has 1 heterocycles. The smallest absolute Gasteiger partial charge is 0.322 e. The normalized spacial score (nSPS) is 14.1. The quantitative estimate of drug-likeness (QED) is 0.615. The molecule has 3 aromatic carbocycles. The number of hydrogen-bond acceptors (Lipinski definition) is 6. The van der Waals surface area contributed by atoms with E-state index < -0.39 is 12.0 Å². The van der Waals surface area contributed by atoms with Crippen LogP contribution in [0, 0.1) is 0 Å². The summed E-state index contributed by atoms with van der Waals surface area (Å²) in [5, 5.41) is 2.15. The van der Waals surface area contributed by atoms with Gasteiger partial charge >= 0.3 is 5.97 Å². The van der Waals surface area contributed by atoms with Crippen LogP contribution in [0.4, 0.5) is 17.1 Å². The Labute approximate surface area is 176 Å². The zero-order valence-corrected chi connectivity index (χ0v) is 17.0. The molecular weight excluding hydrogens is 376 g/mol. The van der Waals surface area contributed by atoms with Crippen LogP contribution >= 0.6 is 0 Å². The number of nitrogens with zero attached hydrogens (tertiary/aromatic N) is 2. The lowest BCUT2D eigenvalue weighted by molar-refractivity contribution is -0.142. The van der Waals surface area contributed by atoms with Gasteiger partial charge in [0.2, 0.25) is 0 Å². The van der Waals surface area contributed by atoms with Gasteiger partial charge in [0.1, 0.15) is 12.7 Å². The molecule has 154 valence electrons. The van der Waals surface area contributed by atoms with E-state index >= 15 is 0 Å². The maximum absolute atomic E-state index is 11.5. The third kappa shape index (κ3) is 4.39. The summed E-state index contributed by atoms with van der Waals surface area (Å²) in [4.78, 5) is 13.9. The zero-order valence-electron chi connectivity index (χ0n) is 17.0. The second-order valence-corrected chi connectivity index (χ2v) is 7.37. The first-order valence-electron chi connectivity index (χ1n) is 9.98. The van der Waals surface area contributed by atoms with Crippen molar-refractivity contribution in [2.75, 3.05) is 29.1 Å². The molecule has 1 atom stereocenters. The molecule has 1 aliphatic heterocycles. The summed E-state index contributed by atoms with van der Waals surface area (Å²) in [5.41, 5.74) is 15.0. The largest absolute Gasteiger partial charge is 0.468 e. The topological polar surface area (TPSA) is 70.8 Å². The molecule has 0 unspecified atom stereocenters. The molecular formula is C24H26N4O2. The van der Waals surface area contributed by atoms with Crippen molar-refractivity contribution in [3.05, 3.63) is 90.0 Å². The van der Waals surface area contributed by atoms with Crippen molar-refractivity contribution < 1.29 is 9.53 Å². The van der Waals surface area contributed by atoms with E-state index in [9.17, 15) is 4.79 Å². The van der Waals surface area contributed by atoms with Crippen LogP contribution in [0.1, 0.15) is 11.1 Å². The van der Waals surface area contributed by atoms with Crippen LogP contribution in [0.15, 0.2) is 78.9 Å². The fourth-order valence-corrected chi connectivity index (χ4v) is 3.68. The number of nitrogens with two attached hydrogens (primary N) is 1. The van der Waals surface area contributed by atoms with E-state index in [0.29, 0.717) is 6.42 Å². The third-order valence-electron chi connectivity index (χ3n) is 5.25. The molecule has 6 heteroatoms. The van der Waals surface area contributed by atoms with Crippen LogP contribution in [0.2, 0.25) is 0 Å². The zero-order chi connectivity index (χ0) is 20.9. The second-order valence-electron chi connectivity index (χ2n) is 7.37.